The molecule has 2 N–H and O–H groups in total. The maximum absolute atomic E-state index is 11.7. The van der Waals surface area contributed by atoms with Gasteiger partial charge in [-0.1, -0.05) is 24.3 Å². The second kappa shape index (κ2) is 6.87. The van der Waals surface area contributed by atoms with E-state index in [4.69, 9.17) is 11.0 Å². The molecule has 0 fully saturated rings. The summed E-state index contributed by atoms with van der Waals surface area (Å²) in [7, 11) is 0. The summed E-state index contributed by atoms with van der Waals surface area (Å²) in [5.41, 5.74) is 8.27. The average Bonchev–Trinajstić information content (AvgIpc) is 2.32. The molecule has 0 heterocycles. The fourth-order valence-electron chi connectivity index (χ4n) is 1.47. The maximum atomic E-state index is 11.7. The zero-order valence-electron chi connectivity index (χ0n) is 10.6. The zero-order valence-corrected chi connectivity index (χ0v) is 11.4. The summed E-state index contributed by atoms with van der Waals surface area (Å²) >= 11 is 1.50. The Kier molecular flexibility index (Phi) is 5.47. The van der Waals surface area contributed by atoms with Crippen molar-refractivity contribution in [2.24, 2.45) is 5.73 Å². The predicted molar refractivity (Wildman–Crippen MR) is 74.8 cm³/mol. The van der Waals surface area contributed by atoms with E-state index >= 15 is 0 Å². The standard InChI is InChI=1S/C14H16N2OS/c1-10-5-3-4-6-12(10)8-18-9-14(17)13(7-15)11(2)16/h3-6H,8-9,16H2,1-2H3/b13-11-. The smallest absolute Gasteiger partial charge is 0.184 e. The van der Waals surface area contributed by atoms with Gasteiger partial charge in [-0.25, -0.2) is 0 Å². The molecule has 0 amide bonds. The molecule has 0 aliphatic carbocycles. The first-order valence-corrected chi connectivity index (χ1v) is 6.73. The molecule has 18 heavy (non-hydrogen) atoms. The van der Waals surface area contributed by atoms with Crippen LogP contribution in [0.25, 0.3) is 0 Å². The zero-order chi connectivity index (χ0) is 13.5. The molecule has 94 valence electrons. The van der Waals surface area contributed by atoms with E-state index in [9.17, 15) is 4.79 Å². The van der Waals surface area contributed by atoms with Crippen LogP contribution in [0.5, 0.6) is 0 Å². The minimum absolute atomic E-state index is 0.0762. The van der Waals surface area contributed by atoms with Crippen molar-refractivity contribution >= 4 is 17.5 Å². The number of ketones is 1. The highest BCUT2D eigenvalue weighted by Gasteiger charge is 2.11. The van der Waals surface area contributed by atoms with Gasteiger partial charge in [-0.3, -0.25) is 4.79 Å². The van der Waals surface area contributed by atoms with Crippen molar-refractivity contribution in [1.82, 2.24) is 0 Å². The van der Waals surface area contributed by atoms with Crippen LogP contribution in [0.2, 0.25) is 0 Å². The van der Waals surface area contributed by atoms with Gasteiger partial charge in [0, 0.05) is 11.4 Å². The third-order valence-electron chi connectivity index (χ3n) is 2.54. The number of carbonyl (C=O) groups is 1. The van der Waals surface area contributed by atoms with Crippen LogP contribution in [0.1, 0.15) is 18.1 Å². The fraction of sp³-hybridized carbons (Fsp3) is 0.286. The monoisotopic (exact) mass is 260 g/mol. The lowest BCUT2D eigenvalue weighted by molar-refractivity contribution is -0.112. The van der Waals surface area contributed by atoms with Crippen molar-refractivity contribution in [3.05, 3.63) is 46.7 Å². The number of hydrogen-bond donors (Lipinski definition) is 1. The average molecular weight is 260 g/mol. The molecule has 0 aliphatic rings. The normalized spacial score (nSPS) is 11.6. The molecule has 0 unspecified atom stereocenters. The van der Waals surface area contributed by atoms with E-state index in [0.717, 1.165) is 5.75 Å². The van der Waals surface area contributed by atoms with E-state index in [2.05, 4.69) is 0 Å². The molecule has 0 aliphatic heterocycles. The van der Waals surface area contributed by atoms with Crippen LogP contribution in [0, 0.1) is 18.3 Å². The Morgan fingerprint density at radius 2 is 2.11 bits per heavy atom. The molecule has 3 nitrogen and oxygen atoms in total. The number of thioether (sulfide) groups is 1. The first kappa shape index (κ1) is 14.3. The van der Waals surface area contributed by atoms with Gasteiger partial charge in [-0.2, -0.15) is 5.26 Å². The van der Waals surface area contributed by atoms with Gasteiger partial charge in [0.1, 0.15) is 11.6 Å². The lowest BCUT2D eigenvalue weighted by Gasteiger charge is -2.05. The summed E-state index contributed by atoms with van der Waals surface area (Å²) in [6.45, 7) is 3.62. The van der Waals surface area contributed by atoms with E-state index in [1.165, 1.54) is 22.9 Å². The van der Waals surface area contributed by atoms with Crippen LogP contribution in [0.15, 0.2) is 35.5 Å². The van der Waals surface area contributed by atoms with Gasteiger partial charge in [0.15, 0.2) is 5.78 Å². The van der Waals surface area contributed by atoms with Crippen LogP contribution in [-0.2, 0) is 10.5 Å². The quantitative estimate of drug-likeness (QED) is 0.652. The van der Waals surface area contributed by atoms with Crippen LogP contribution in [0.4, 0.5) is 0 Å². The molecule has 0 bridgehead atoms. The van der Waals surface area contributed by atoms with Gasteiger partial charge >= 0.3 is 0 Å². The van der Waals surface area contributed by atoms with Crippen molar-refractivity contribution in [2.75, 3.05) is 5.75 Å². The Balaban J connectivity index is 2.54. The van der Waals surface area contributed by atoms with Crippen LogP contribution in [-0.4, -0.2) is 11.5 Å². The Labute approximate surface area is 112 Å². The topological polar surface area (TPSA) is 66.9 Å². The Morgan fingerprint density at radius 3 is 2.67 bits per heavy atom. The maximum Gasteiger partial charge on any atom is 0.184 e. The van der Waals surface area contributed by atoms with Crippen LogP contribution < -0.4 is 5.73 Å². The van der Waals surface area contributed by atoms with Crippen LogP contribution >= 0.6 is 11.8 Å². The number of aryl methyl sites for hydroxylation is 1. The van der Waals surface area contributed by atoms with Gasteiger partial charge in [0.05, 0.1) is 5.75 Å². The Hall–Kier alpha value is -1.73. The number of nitrogens with zero attached hydrogens (tertiary/aromatic N) is 1. The van der Waals surface area contributed by atoms with E-state index in [1.54, 1.807) is 6.92 Å². The highest BCUT2D eigenvalue weighted by molar-refractivity contribution is 7.99. The summed E-state index contributed by atoms with van der Waals surface area (Å²) < 4.78 is 0. The fourth-order valence-corrected chi connectivity index (χ4v) is 2.44. The number of carbonyl (C=O) groups excluding carboxylic acids is 1. The van der Waals surface area contributed by atoms with Crippen LogP contribution in [0.3, 0.4) is 0 Å². The van der Waals surface area contributed by atoms with Crippen molar-refractivity contribution in [1.29, 1.82) is 5.26 Å². The first-order chi connectivity index (χ1) is 8.56. The molecule has 1 aromatic rings. The molecule has 0 atom stereocenters. The molecule has 0 saturated carbocycles. The lowest BCUT2D eigenvalue weighted by atomic mass is 10.1. The largest absolute Gasteiger partial charge is 0.401 e. The van der Waals surface area contributed by atoms with Gasteiger partial charge in [-0.05, 0) is 25.0 Å². The summed E-state index contributed by atoms with van der Waals surface area (Å²) in [5.74, 6) is 0.850. The van der Waals surface area contributed by atoms with E-state index in [-0.39, 0.29) is 17.1 Å². The molecule has 1 rings (SSSR count). The molecule has 0 aromatic heterocycles. The number of nitriles is 1. The molecule has 1 aromatic carbocycles. The van der Waals surface area contributed by atoms with Crippen molar-refractivity contribution < 1.29 is 4.79 Å². The van der Waals surface area contributed by atoms with Gasteiger partial charge in [0.2, 0.25) is 0 Å². The number of rotatable bonds is 5. The molecule has 0 spiro atoms. The van der Waals surface area contributed by atoms with E-state index in [1.807, 2.05) is 37.3 Å². The van der Waals surface area contributed by atoms with Crippen molar-refractivity contribution in [2.45, 2.75) is 19.6 Å². The highest BCUT2D eigenvalue weighted by Crippen LogP contribution is 2.17. The first-order valence-electron chi connectivity index (χ1n) is 5.58. The second-order valence-corrected chi connectivity index (χ2v) is 5.00. The molecule has 0 saturated heterocycles. The lowest BCUT2D eigenvalue weighted by Crippen LogP contribution is -2.10. The predicted octanol–water partition coefficient (Wildman–Crippen LogP) is 2.55. The summed E-state index contributed by atoms with van der Waals surface area (Å²) in [4.78, 5) is 11.7. The second-order valence-electron chi connectivity index (χ2n) is 4.01. The minimum atomic E-state index is -0.198. The summed E-state index contributed by atoms with van der Waals surface area (Å²) in [5, 5.41) is 8.81. The Morgan fingerprint density at radius 1 is 1.44 bits per heavy atom. The van der Waals surface area contributed by atoms with Gasteiger partial charge in [0.25, 0.3) is 0 Å². The number of allylic oxidation sites excluding steroid dienone is 2. The van der Waals surface area contributed by atoms with Crippen molar-refractivity contribution in [3.63, 3.8) is 0 Å². The molecule has 4 heteroatoms. The minimum Gasteiger partial charge on any atom is -0.401 e. The van der Waals surface area contributed by atoms with Crippen molar-refractivity contribution in [3.8, 4) is 6.07 Å². The number of Topliss-reactive ketones (excluding diaryl/α,β-unsaturated/α-hetero) is 1. The molecular weight excluding hydrogens is 244 g/mol. The number of hydrogen-bond acceptors (Lipinski definition) is 4. The SMILES string of the molecule is C/C(N)=C(\C#N)C(=O)CSCc1ccccc1C. The third-order valence-corrected chi connectivity index (χ3v) is 3.52. The Bertz CT molecular complexity index is 511. The van der Waals surface area contributed by atoms with E-state index < -0.39 is 0 Å². The highest BCUT2D eigenvalue weighted by atomic mass is 32.2. The summed E-state index contributed by atoms with van der Waals surface area (Å²) in [6, 6.07) is 9.91. The number of nitrogens with two attached hydrogens (primary N) is 1. The van der Waals surface area contributed by atoms with Gasteiger partial charge < -0.3 is 5.73 Å². The molecule has 0 radical (unpaired) electrons. The molecular formula is C14H16N2OS. The van der Waals surface area contributed by atoms with Gasteiger partial charge in [-0.15, -0.1) is 11.8 Å². The third kappa shape index (κ3) is 3.94. The number of benzene rings is 1. The van der Waals surface area contributed by atoms with E-state index in [0.29, 0.717) is 5.70 Å². The summed E-state index contributed by atoms with van der Waals surface area (Å²) in [6.07, 6.45) is 0.